The lowest BCUT2D eigenvalue weighted by Crippen LogP contribution is -2.14. The summed E-state index contributed by atoms with van der Waals surface area (Å²) in [6.07, 6.45) is -7.73. The van der Waals surface area contributed by atoms with Crippen molar-refractivity contribution >= 4 is 34.7 Å². The molecule has 1 amide bonds. The summed E-state index contributed by atoms with van der Waals surface area (Å²) in [5.74, 6) is -1.03. The molecule has 0 unspecified atom stereocenters. The van der Waals surface area contributed by atoms with Gasteiger partial charge in [-0.15, -0.1) is 5.10 Å². The molecule has 2 rings (SSSR count). The van der Waals surface area contributed by atoms with Crippen LogP contribution in [0.15, 0.2) is 18.2 Å². The normalized spacial score (nSPS) is 11.8. The Kier molecular flexibility index (Phi) is 4.61. The molecule has 0 radical (unpaired) electrons. The zero-order chi connectivity index (χ0) is 16.5. The molecule has 22 heavy (non-hydrogen) atoms. The molecule has 1 heterocycles. The number of halogens is 6. The predicted molar refractivity (Wildman–Crippen MR) is 69.3 cm³/mol. The first-order chi connectivity index (χ1) is 10.2. The molecule has 0 aliphatic carbocycles. The van der Waals surface area contributed by atoms with Crippen LogP contribution in [-0.2, 0) is 6.18 Å². The summed E-state index contributed by atoms with van der Waals surface area (Å²) in [7, 11) is 0. The molecule has 0 fully saturated rings. The van der Waals surface area contributed by atoms with Crippen molar-refractivity contribution in [3.05, 3.63) is 39.4 Å². The van der Waals surface area contributed by atoms with E-state index in [4.69, 9.17) is 11.6 Å². The number of alkyl halides is 5. The fourth-order valence-corrected chi connectivity index (χ4v) is 2.30. The van der Waals surface area contributed by atoms with E-state index in [1.54, 1.807) is 0 Å². The highest BCUT2D eigenvalue weighted by Crippen LogP contribution is 2.36. The molecule has 0 bridgehead atoms. The van der Waals surface area contributed by atoms with Crippen molar-refractivity contribution in [3.8, 4) is 0 Å². The lowest BCUT2D eigenvalue weighted by molar-refractivity contribution is -0.137. The van der Waals surface area contributed by atoms with E-state index >= 15 is 0 Å². The van der Waals surface area contributed by atoms with Crippen molar-refractivity contribution < 1.29 is 26.7 Å². The van der Waals surface area contributed by atoms with Gasteiger partial charge in [0.2, 0.25) is 0 Å². The van der Waals surface area contributed by atoms with Crippen molar-refractivity contribution in [2.45, 2.75) is 12.6 Å². The summed E-state index contributed by atoms with van der Waals surface area (Å²) in [6, 6.07) is 2.67. The highest BCUT2D eigenvalue weighted by molar-refractivity contribution is 7.08. The Morgan fingerprint density at radius 3 is 2.59 bits per heavy atom. The third-order valence-electron chi connectivity index (χ3n) is 2.46. The van der Waals surface area contributed by atoms with Gasteiger partial charge in [0.25, 0.3) is 12.3 Å². The molecule has 2 aromatic rings. The zero-order valence-electron chi connectivity index (χ0n) is 10.3. The van der Waals surface area contributed by atoms with E-state index in [1.807, 2.05) is 0 Å². The van der Waals surface area contributed by atoms with Crippen LogP contribution < -0.4 is 5.32 Å². The van der Waals surface area contributed by atoms with Gasteiger partial charge in [-0.05, 0) is 29.7 Å². The van der Waals surface area contributed by atoms with Crippen molar-refractivity contribution in [2.24, 2.45) is 0 Å². The highest BCUT2D eigenvalue weighted by Gasteiger charge is 2.33. The van der Waals surface area contributed by atoms with Gasteiger partial charge >= 0.3 is 6.18 Å². The van der Waals surface area contributed by atoms with Gasteiger partial charge in [-0.1, -0.05) is 16.1 Å². The van der Waals surface area contributed by atoms with Gasteiger partial charge in [-0.25, -0.2) is 8.78 Å². The molecule has 11 heteroatoms. The Morgan fingerprint density at radius 1 is 1.32 bits per heavy atom. The average molecular weight is 358 g/mol. The Morgan fingerprint density at radius 2 is 2.00 bits per heavy atom. The summed E-state index contributed by atoms with van der Waals surface area (Å²) in [6.45, 7) is 0. The minimum atomic E-state index is -4.71. The number of nitrogens with one attached hydrogen (secondary N) is 1. The third-order valence-corrected chi connectivity index (χ3v) is 3.53. The van der Waals surface area contributed by atoms with Crippen LogP contribution >= 0.6 is 23.1 Å². The number of nitrogens with zero attached hydrogens (tertiary/aromatic N) is 2. The van der Waals surface area contributed by atoms with Crippen LogP contribution in [0, 0.1) is 0 Å². The molecular weight excluding hydrogens is 353 g/mol. The number of aromatic nitrogens is 2. The van der Waals surface area contributed by atoms with Gasteiger partial charge < -0.3 is 5.32 Å². The smallest absolute Gasteiger partial charge is 0.321 e. The molecule has 4 nitrogen and oxygen atoms in total. The van der Waals surface area contributed by atoms with E-state index in [2.05, 4.69) is 14.9 Å². The summed E-state index contributed by atoms with van der Waals surface area (Å²) in [4.78, 5) is 11.3. The molecule has 0 aliphatic heterocycles. The van der Waals surface area contributed by atoms with Crippen molar-refractivity contribution in [1.29, 1.82) is 0 Å². The molecule has 1 N–H and O–H groups in total. The van der Waals surface area contributed by atoms with Crippen LogP contribution in [0.2, 0.25) is 5.02 Å². The van der Waals surface area contributed by atoms with E-state index in [1.165, 1.54) is 0 Å². The number of hydrogen-bond donors (Lipinski definition) is 1. The molecule has 0 spiro atoms. The molecule has 0 saturated heterocycles. The molecule has 1 aromatic carbocycles. The first-order valence-electron chi connectivity index (χ1n) is 5.48. The molecule has 0 saturated carbocycles. The number of carbonyl (C=O) groups excluding carboxylic acids is 1. The van der Waals surface area contributed by atoms with E-state index in [9.17, 15) is 26.7 Å². The number of carbonyl (C=O) groups is 1. The zero-order valence-corrected chi connectivity index (χ0v) is 11.9. The fourth-order valence-electron chi connectivity index (χ4n) is 1.51. The summed E-state index contributed by atoms with van der Waals surface area (Å²) >= 11 is 5.85. The largest absolute Gasteiger partial charge is 0.417 e. The predicted octanol–water partition coefficient (Wildman–Crippen LogP) is 4.40. The van der Waals surface area contributed by atoms with Gasteiger partial charge in [0, 0.05) is 5.69 Å². The number of benzene rings is 1. The van der Waals surface area contributed by atoms with Crippen molar-refractivity contribution in [3.63, 3.8) is 0 Å². The van der Waals surface area contributed by atoms with Crippen LogP contribution in [0.3, 0.4) is 0 Å². The summed E-state index contributed by atoms with van der Waals surface area (Å²) < 4.78 is 66.5. The van der Waals surface area contributed by atoms with Gasteiger partial charge in [0.05, 0.1) is 10.6 Å². The lowest BCUT2D eigenvalue weighted by atomic mass is 10.2. The second-order valence-electron chi connectivity index (χ2n) is 3.93. The first-order valence-corrected chi connectivity index (χ1v) is 6.63. The van der Waals surface area contributed by atoms with E-state index in [-0.39, 0.29) is 5.69 Å². The molecule has 118 valence electrons. The van der Waals surface area contributed by atoms with Gasteiger partial charge in [0.1, 0.15) is 4.88 Å². The van der Waals surface area contributed by atoms with E-state index < -0.39 is 39.7 Å². The topological polar surface area (TPSA) is 54.9 Å². The first kappa shape index (κ1) is 16.6. The number of rotatable bonds is 3. The number of anilines is 1. The van der Waals surface area contributed by atoms with Gasteiger partial charge in [-0.3, -0.25) is 4.79 Å². The second kappa shape index (κ2) is 6.13. The fraction of sp³-hybridized carbons (Fsp3) is 0.182. The van der Waals surface area contributed by atoms with Crippen molar-refractivity contribution in [2.75, 3.05) is 5.32 Å². The number of amides is 1. The van der Waals surface area contributed by atoms with E-state index in [0.29, 0.717) is 17.6 Å². The summed E-state index contributed by atoms with van der Waals surface area (Å²) in [5, 5.41) is 4.64. The molecule has 0 aliphatic rings. The number of hydrogen-bond acceptors (Lipinski definition) is 4. The van der Waals surface area contributed by atoms with Crippen LogP contribution in [0.5, 0.6) is 0 Å². The van der Waals surface area contributed by atoms with Crippen LogP contribution in [0.1, 0.15) is 27.4 Å². The Hall–Kier alpha value is -1.81. The molecule has 1 aromatic heterocycles. The maximum absolute atomic E-state index is 12.7. The summed E-state index contributed by atoms with van der Waals surface area (Å²) in [5.41, 5.74) is -2.22. The van der Waals surface area contributed by atoms with Crippen molar-refractivity contribution in [1.82, 2.24) is 9.59 Å². The standard InChI is InChI=1S/C11H5ClF5N3OS/c12-6-2-1-4(3-5(6)11(15,16)17)18-10(21)8-7(9(13)14)19-20-22-8/h1-3,9H,(H,18,21). The van der Waals surface area contributed by atoms with Crippen LogP contribution in [0.25, 0.3) is 0 Å². The highest BCUT2D eigenvalue weighted by atomic mass is 35.5. The SMILES string of the molecule is O=C(Nc1ccc(Cl)c(C(F)(F)F)c1)c1snnc1C(F)F. The molecule has 0 atom stereocenters. The Balaban J connectivity index is 2.28. The lowest BCUT2D eigenvalue weighted by Gasteiger charge is -2.11. The monoisotopic (exact) mass is 357 g/mol. The van der Waals surface area contributed by atoms with E-state index in [0.717, 1.165) is 12.1 Å². The quantitative estimate of drug-likeness (QED) is 0.828. The Bertz CT molecular complexity index is 703. The van der Waals surface area contributed by atoms with Gasteiger partial charge in [0.15, 0.2) is 5.69 Å². The van der Waals surface area contributed by atoms with Crippen LogP contribution in [0.4, 0.5) is 27.6 Å². The molecular formula is C11H5ClF5N3OS. The maximum Gasteiger partial charge on any atom is 0.417 e. The maximum atomic E-state index is 12.7. The third kappa shape index (κ3) is 3.50. The minimum absolute atomic E-state index is 0.240. The van der Waals surface area contributed by atoms with Crippen LogP contribution in [-0.4, -0.2) is 15.5 Å². The minimum Gasteiger partial charge on any atom is -0.321 e. The Labute approximate surface area is 129 Å². The second-order valence-corrected chi connectivity index (χ2v) is 5.10. The average Bonchev–Trinajstić information content (AvgIpc) is 2.89. The van der Waals surface area contributed by atoms with Gasteiger partial charge in [-0.2, -0.15) is 13.2 Å².